The van der Waals surface area contributed by atoms with E-state index in [1.54, 1.807) is 18.2 Å². The number of carbonyl (C=O) groups excluding carboxylic acids is 1. The molecule has 1 aromatic rings. The van der Waals surface area contributed by atoms with Gasteiger partial charge >= 0.3 is 6.09 Å². The van der Waals surface area contributed by atoms with Gasteiger partial charge in [0.1, 0.15) is 16.0 Å². The third-order valence-electron chi connectivity index (χ3n) is 3.30. The Labute approximate surface area is 133 Å². The Balaban J connectivity index is 2.16. The van der Waals surface area contributed by atoms with Crippen LogP contribution < -0.4 is 0 Å². The highest BCUT2D eigenvalue weighted by Crippen LogP contribution is 2.35. The van der Waals surface area contributed by atoms with Crippen molar-refractivity contribution in [1.29, 1.82) is 0 Å². The predicted octanol–water partition coefficient (Wildman–Crippen LogP) is 3.12. The zero-order chi connectivity index (χ0) is 15.6. The molecule has 0 saturated carbocycles. The Kier molecular flexibility index (Phi) is 4.93. The first-order valence-electron chi connectivity index (χ1n) is 6.99. The molecule has 2 heterocycles. The summed E-state index contributed by atoms with van der Waals surface area (Å²) in [5.74, 6) is 1.06. The number of hydrogen-bond donors (Lipinski definition) is 1. The van der Waals surface area contributed by atoms with Crippen molar-refractivity contribution in [2.45, 2.75) is 38.8 Å². The summed E-state index contributed by atoms with van der Waals surface area (Å²) in [6.07, 6.45) is 2.21. The zero-order valence-corrected chi connectivity index (χ0v) is 14.4. The maximum atomic E-state index is 12.4. The van der Waals surface area contributed by atoms with Crippen LogP contribution in [0.4, 0.5) is 4.79 Å². The fourth-order valence-corrected chi connectivity index (χ4v) is 2.85. The third kappa shape index (κ3) is 4.20. The van der Waals surface area contributed by atoms with Crippen LogP contribution in [0, 0.1) is 5.92 Å². The smallest absolute Gasteiger partial charge is 0.410 e. The van der Waals surface area contributed by atoms with Crippen molar-refractivity contribution in [2.24, 2.45) is 5.92 Å². The maximum Gasteiger partial charge on any atom is 0.410 e. The normalized spacial score (nSPS) is 22.6. The van der Waals surface area contributed by atoms with Gasteiger partial charge < -0.3 is 14.5 Å². The number of imidazole rings is 1. The Morgan fingerprint density at radius 3 is 2.81 bits per heavy atom. The molecule has 1 aliphatic heterocycles. The molecule has 1 aliphatic rings. The van der Waals surface area contributed by atoms with E-state index >= 15 is 0 Å². The van der Waals surface area contributed by atoms with Crippen LogP contribution in [-0.4, -0.2) is 46.8 Å². The lowest BCUT2D eigenvalue weighted by Gasteiger charge is -2.27. The van der Waals surface area contributed by atoms with E-state index in [0.717, 1.165) is 16.8 Å². The van der Waals surface area contributed by atoms with Crippen LogP contribution in [0.25, 0.3) is 0 Å². The lowest BCUT2D eigenvalue weighted by molar-refractivity contribution is 0.0208. The molecule has 0 radical (unpaired) electrons. The fourth-order valence-electron chi connectivity index (χ4n) is 2.54. The molecule has 2 rings (SSSR count). The summed E-state index contributed by atoms with van der Waals surface area (Å²) in [7, 11) is 1.68. The van der Waals surface area contributed by atoms with Gasteiger partial charge in [-0.2, -0.15) is 0 Å². The van der Waals surface area contributed by atoms with Crippen molar-refractivity contribution in [3.05, 3.63) is 16.6 Å². The molecule has 0 aliphatic carbocycles. The summed E-state index contributed by atoms with van der Waals surface area (Å²) in [6, 6.07) is -0.105. The summed E-state index contributed by atoms with van der Waals surface area (Å²) in [5, 5.41) is 0. The van der Waals surface area contributed by atoms with Crippen molar-refractivity contribution in [3.8, 4) is 0 Å². The molecule has 0 spiro atoms. The number of likely N-dealkylation sites (tertiary alicyclic amines) is 1. The molecular weight excluding hydrogens is 338 g/mol. The van der Waals surface area contributed by atoms with Gasteiger partial charge in [0.25, 0.3) is 0 Å². The molecule has 1 N–H and O–H groups in total. The van der Waals surface area contributed by atoms with Crippen LogP contribution >= 0.6 is 15.9 Å². The van der Waals surface area contributed by atoms with Gasteiger partial charge in [-0.05, 0) is 43.1 Å². The number of halogens is 1. The second-order valence-electron chi connectivity index (χ2n) is 6.32. The number of nitrogens with one attached hydrogen (secondary N) is 1. The molecule has 21 heavy (non-hydrogen) atoms. The Bertz CT molecular complexity index is 498. The van der Waals surface area contributed by atoms with Gasteiger partial charge in [-0.25, -0.2) is 9.78 Å². The van der Waals surface area contributed by atoms with E-state index in [1.807, 2.05) is 20.8 Å². The second-order valence-corrected chi connectivity index (χ2v) is 7.18. The average molecular weight is 360 g/mol. The highest BCUT2D eigenvalue weighted by molar-refractivity contribution is 9.10. The second kappa shape index (κ2) is 6.36. The van der Waals surface area contributed by atoms with Crippen LogP contribution in [0.3, 0.4) is 0 Å². The molecule has 118 valence electrons. The van der Waals surface area contributed by atoms with Gasteiger partial charge in [0.05, 0.1) is 18.8 Å². The van der Waals surface area contributed by atoms with E-state index in [0.29, 0.717) is 13.2 Å². The monoisotopic (exact) mass is 359 g/mol. The Morgan fingerprint density at radius 2 is 2.29 bits per heavy atom. The summed E-state index contributed by atoms with van der Waals surface area (Å²) in [6.45, 7) is 6.84. The van der Waals surface area contributed by atoms with E-state index in [1.165, 1.54) is 0 Å². The van der Waals surface area contributed by atoms with Crippen LogP contribution in [0.1, 0.15) is 39.1 Å². The number of H-pyrrole nitrogens is 1. The maximum absolute atomic E-state index is 12.4. The molecule has 6 nitrogen and oxygen atoms in total. The number of methoxy groups -OCH3 is 1. The summed E-state index contributed by atoms with van der Waals surface area (Å²) >= 11 is 3.35. The summed E-state index contributed by atoms with van der Waals surface area (Å²) in [4.78, 5) is 21.6. The van der Waals surface area contributed by atoms with Crippen molar-refractivity contribution in [3.63, 3.8) is 0 Å². The Hall–Kier alpha value is -1.08. The summed E-state index contributed by atoms with van der Waals surface area (Å²) < 4.78 is 11.5. The van der Waals surface area contributed by atoms with E-state index in [-0.39, 0.29) is 18.1 Å². The van der Waals surface area contributed by atoms with Crippen molar-refractivity contribution in [1.82, 2.24) is 14.9 Å². The molecule has 1 aromatic heterocycles. The molecule has 0 aromatic carbocycles. The minimum absolute atomic E-state index is 0.105. The quantitative estimate of drug-likeness (QED) is 0.899. The van der Waals surface area contributed by atoms with Crippen LogP contribution in [0.15, 0.2) is 10.8 Å². The van der Waals surface area contributed by atoms with Gasteiger partial charge in [-0.1, -0.05) is 0 Å². The molecule has 0 bridgehead atoms. The number of nitrogens with zero attached hydrogens (tertiary/aromatic N) is 2. The minimum atomic E-state index is -0.509. The molecule has 1 amide bonds. The minimum Gasteiger partial charge on any atom is -0.444 e. The molecule has 1 fully saturated rings. The number of hydrogen-bond acceptors (Lipinski definition) is 4. The SMILES string of the molecule is COC[C@H]1C[C@@H](c2ncc(Br)[nH]2)N(C(=O)OC(C)(C)C)C1. The van der Waals surface area contributed by atoms with Crippen LogP contribution in [-0.2, 0) is 9.47 Å². The lowest BCUT2D eigenvalue weighted by Crippen LogP contribution is -2.37. The largest absolute Gasteiger partial charge is 0.444 e. The highest BCUT2D eigenvalue weighted by atomic mass is 79.9. The fraction of sp³-hybridized carbons (Fsp3) is 0.714. The topological polar surface area (TPSA) is 67.5 Å². The van der Waals surface area contributed by atoms with Gasteiger partial charge in [-0.3, -0.25) is 4.90 Å². The van der Waals surface area contributed by atoms with Crippen molar-refractivity contribution in [2.75, 3.05) is 20.3 Å². The third-order valence-corrected chi connectivity index (χ3v) is 3.70. The number of ether oxygens (including phenoxy) is 2. The zero-order valence-electron chi connectivity index (χ0n) is 12.9. The molecular formula is C14H22BrN3O3. The number of carbonyl (C=O) groups is 1. The van der Waals surface area contributed by atoms with E-state index in [2.05, 4.69) is 25.9 Å². The predicted molar refractivity (Wildman–Crippen MR) is 82.0 cm³/mol. The number of amides is 1. The van der Waals surface area contributed by atoms with E-state index < -0.39 is 5.60 Å². The van der Waals surface area contributed by atoms with E-state index in [9.17, 15) is 4.79 Å². The molecule has 7 heteroatoms. The molecule has 1 saturated heterocycles. The number of rotatable bonds is 3. The van der Waals surface area contributed by atoms with Crippen LogP contribution in [0.5, 0.6) is 0 Å². The van der Waals surface area contributed by atoms with Gasteiger partial charge in [0.15, 0.2) is 0 Å². The Morgan fingerprint density at radius 1 is 1.57 bits per heavy atom. The van der Waals surface area contributed by atoms with Gasteiger partial charge in [-0.15, -0.1) is 0 Å². The number of aromatic nitrogens is 2. The average Bonchev–Trinajstić information content (AvgIpc) is 2.93. The first kappa shape index (κ1) is 16.3. The first-order valence-corrected chi connectivity index (χ1v) is 7.78. The number of aromatic amines is 1. The van der Waals surface area contributed by atoms with Gasteiger partial charge in [0, 0.05) is 19.6 Å². The highest BCUT2D eigenvalue weighted by Gasteiger charge is 2.39. The van der Waals surface area contributed by atoms with Gasteiger partial charge in [0.2, 0.25) is 0 Å². The molecule has 0 unspecified atom stereocenters. The van der Waals surface area contributed by atoms with Crippen molar-refractivity contribution < 1.29 is 14.3 Å². The standard InChI is InChI=1S/C14H22BrN3O3/c1-14(2,3)21-13(19)18-7-9(8-20-4)5-10(18)12-16-6-11(15)17-12/h6,9-10H,5,7-8H2,1-4H3,(H,16,17)/t9-,10-/m0/s1. The lowest BCUT2D eigenvalue weighted by atomic mass is 10.1. The van der Waals surface area contributed by atoms with E-state index in [4.69, 9.17) is 9.47 Å². The molecule has 2 atom stereocenters. The van der Waals surface area contributed by atoms with Crippen LogP contribution in [0.2, 0.25) is 0 Å². The summed E-state index contributed by atoms with van der Waals surface area (Å²) in [5.41, 5.74) is -0.509. The van der Waals surface area contributed by atoms with Crippen molar-refractivity contribution >= 4 is 22.0 Å². The first-order chi connectivity index (χ1) is 9.80.